The van der Waals surface area contributed by atoms with Crippen LogP contribution in [0.3, 0.4) is 0 Å². The zero-order chi connectivity index (χ0) is 21.4. The quantitative estimate of drug-likeness (QED) is 0.505. The fourth-order valence-electron chi connectivity index (χ4n) is 2.57. The topological polar surface area (TPSA) is 50.2 Å². The van der Waals surface area contributed by atoms with Crippen molar-refractivity contribution in [2.45, 2.75) is 18.8 Å². The van der Waals surface area contributed by atoms with Gasteiger partial charge in [-0.2, -0.15) is 26.3 Å². The average Bonchev–Trinajstić information content (AvgIpc) is 3.05. The van der Waals surface area contributed by atoms with Crippen molar-refractivity contribution in [3.63, 3.8) is 0 Å². The number of hydrogen-bond donors (Lipinski definition) is 1. The number of hydrogen-bond acceptors (Lipinski definition) is 3. The Balaban J connectivity index is 1.90. The van der Waals surface area contributed by atoms with Crippen molar-refractivity contribution < 1.29 is 36.2 Å². The summed E-state index contributed by atoms with van der Waals surface area (Å²) in [6, 6.07) is 8.35. The second-order valence-electron chi connectivity index (χ2n) is 6.05. The first kappa shape index (κ1) is 20.8. The van der Waals surface area contributed by atoms with Crippen molar-refractivity contribution in [2.75, 3.05) is 0 Å². The third-order valence-corrected chi connectivity index (χ3v) is 5.14. The summed E-state index contributed by atoms with van der Waals surface area (Å²) < 4.78 is 76.0. The fourth-order valence-corrected chi connectivity index (χ4v) is 3.49. The summed E-state index contributed by atoms with van der Waals surface area (Å²) >= 11 is 0.789. The highest BCUT2D eigenvalue weighted by molar-refractivity contribution is 7.17. The molecular weight excluding hydrogens is 420 g/mol. The molecule has 0 radical (unpaired) electrons. The molecule has 3 rings (SSSR count). The van der Waals surface area contributed by atoms with E-state index < -0.39 is 29.4 Å². The van der Waals surface area contributed by atoms with E-state index in [0.717, 1.165) is 35.6 Å². The lowest BCUT2D eigenvalue weighted by Gasteiger charge is -2.07. The minimum Gasteiger partial charge on any atom is -0.477 e. The summed E-state index contributed by atoms with van der Waals surface area (Å²) in [5.74, 6) is -1.28. The van der Waals surface area contributed by atoms with E-state index >= 15 is 0 Å². The van der Waals surface area contributed by atoms with Crippen LogP contribution in [-0.4, -0.2) is 16.1 Å². The van der Waals surface area contributed by atoms with Gasteiger partial charge in [-0.25, -0.2) is 9.78 Å². The maximum Gasteiger partial charge on any atom is 0.416 e. The minimum atomic E-state index is -4.50. The fraction of sp³-hybridized carbons (Fsp3) is 0.158. The monoisotopic (exact) mass is 431 g/mol. The summed E-state index contributed by atoms with van der Waals surface area (Å²) in [7, 11) is 0. The molecule has 0 atom stereocenters. The highest BCUT2D eigenvalue weighted by atomic mass is 32.1. The van der Waals surface area contributed by atoms with Gasteiger partial charge >= 0.3 is 18.3 Å². The largest absolute Gasteiger partial charge is 0.477 e. The molecule has 29 heavy (non-hydrogen) atoms. The molecule has 3 aromatic rings. The second-order valence-corrected chi connectivity index (χ2v) is 7.05. The molecular formula is C19H11F6NO2S. The van der Waals surface area contributed by atoms with Gasteiger partial charge in [0.2, 0.25) is 0 Å². The number of carboxylic acid groups (broad SMARTS) is 1. The number of nitrogens with zero attached hydrogens (tertiary/aromatic N) is 1. The number of rotatable bonds is 4. The van der Waals surface area contributed by atoms with Crippen LogP contribution in [0.25, 0.3) is 10.6 Å². The van der Waals surface area contributed by atoms with Crippen molar-refractivity contribution in [2.24, 2.45) is 0 Å². The first-order valence-electron chi connectivity index (χ1n) is 8.02. The first-order valence-corrected chi connectivity index (χ1v) is 8.83. The van der Waals surface area contributed by atoms with Gasteiger partial charge in [-0.05, 0) is 29.8 Å². The number of aromatic carboxylic acids is 1. The van der Waals surface area contributed by atoms with Crippen LogP contribution in [0.4, 0.5) is 26.3 Å². The third-order valence-electron chi connectivity index (χ3n) is 4.00. The zero-order valence-corrected chi connectivity index (χ0v) is 15.1. The number of alkyl halides is 6. The van der Waals surface area contributed by atoms with E-state index in [-0.39, 0.29) is 22.0 Å². The predicted octanol–water partition coefficient (Wildman–Crippen LogP) is 6.14. The lowest BCUT2D eigenvalue weighted by molar-refractivity contribution is -0.138. The Morgan fingerprint density at radius 3 is 1.79 bits per heavy atom. The molecule has 0 saturated heterocycles. The summed E-state index contributed by atoms with van der Waals surface area (Å²) in [4.78, 5) is 15.6. The molecule has 1 N–H and O–H groups in total. The summed E-state index contributed by atoms with van der Waals surface area (Å²) in [6.07, 6.45) is -9.01. The molecule has 2 aromatic carbocycles. The molecule has 0 amide bonds. The average molecular weight is 431 g/mol. The van der Waals surface area contributed by atoms with Crippen LogP contribution < -0.4 is 0 Å². The highest BCUT2D eigenvalue weighted by Gasteiger charge is 2.31. The number of halogens is 6. The Bertz CT molecular complexity index is 1020. The molecule has 0 aliphatic heterocycles. The normalized spacial score (nSPS) is 12.2. The van der Waals surface area contributed by atoms with E-state index in [0.29, 0.717) is 11.1 Å². The van der Waals surface area contributed by atoms with E-state index in [2.05, 4.69) is 4.98 Å². The maximum atomic E-state index is 12.7. The molecule has 0 spiro atoms. The van der Waals surface area contributed by atoms with Crippen LogP contribution >= 0.6 is 11.3 Å². The summed E-state index contributed by atoms with van der Waals surface area (Å²) in [6.45, 7) is 0. The number of thiazole rings is 1. The van der Waals surface area contributed by atoms with Gasteiger partial charge in [-0.3, -0.25) is 0 Å². The van der Waals surface area contributed by atoms with Crippen LogP contribution in [0.15, 0.2) is 48.5 Å². The Kier molecular flexibility index (Phi) is 5.40. The van der Waals surface area contributed by atoms with Crippen LogP contribution in [-0.2, 0) is 18.8 Å². The molecule has 0 bridgehead atoms. The lowest BCUT2D eigenvalue weighted by Crippen LogP contribution is -2.05. The van der Waals surface area contributed by atoms with Gasteiger partial charge in [0.1, 0.15) is 9.88 Å². The van der Waals surface area contributed by atoms with Gasteiger partial charge in [0.05, 0.1) is 16.8 Å². The molecule has 0 fully saturated rings. The second kappa shape index (κ2) is 7.51. The van der Waals surface area contributed by atoms with E-state index in [1.807, 2.05) is 0 Å². The van der Waals surface area contributed by atoms with Gasteiger partial charge in [-0.15, -0.1) is 11.3 Å². The van der Waals surface area contributed by atoms with Crippen LogP contribution in [0.1, 0.15) is 32.1 Å². The highest BCUT2D eigenvalue weighted by Crippen LogP contribution is 2.34. The van der Waals surface area contributed by atoms with Crippen LogP contribution in [0, 0.1) is 0 Å². The van der Waals surface area contributed by atoms with Crippen molar-refractivity contribution in [1.29, 1.82) is 0 Å². The number of carboxylic acids is 1. The van der Waals surface area contributed by atoms with Crippen molar-refractivity contribution >= 4 is 17.3 Å². The Morgan fingerprint density at radius 1 is 0.862 bits per heavy atom. The molecule has 1 aromatic heterocycles. The van der Waals surface area contributed by atoms with Crippen LogP contribution in [0.2, 0.25) is 0 Å². The SMILES string of the molecule is O=C(O)c1sc(-c2ccc(C(F)(F)F)cc2)nc1Cc1ccc(C(F)(F)F)cc1. The summed E-state index contributed by atoms with van der Waals surface area (Å²) in [5, 5.41) is 9.58. The minimum absolute atomic E-state index is 0.0308. The van der Waals surface area contributed by atoms with E-state index in [9.17, 15) is 36.2 Å². The Hall–Kier alpha value is -2.88. The molecule has 0 aliphatic carbocycles. The molecule has 1 heterocycles. The van der Waals surface area contributed by atoms with Crippen LogP contribution in [0.5, 0.6) is 0 Å². The van der Waals surface area contributed by atoms with Gasteiger partial charge < -0.3 is 5.11 Å². The standard InChI is InChI=1S/C19H11F6NO2S/c20-18(21,22)12-5-1-10(2-6-12)9-14-15(17(27)28)29-16(26-14)11-3-7-13(8-4-11)19(23,24)25/h1-8H,9H2,(H,27,28). The van der Waals surface area contributed by atoms with Crippen molar-refractivity contribution in [3.05, 3.63) is 75.8 Å². The zero-order valence-electron chi connectivity index (χ0n) is 14.3. The van der Waals surface area contributed by atoms with E-state index in [1.54, 1.807) is 0 Å². The van der Waals surface area contributed by atoms with Gasteiger partial charge in [-0.1, -0.05) is 24.3 Å². The summed E-state index contributed by atoms with van der Waals surface area (Å²) in [5.41, 5.74) is -0.823. The van der Waals surface area contributed by atoms with Crippen molar-refractivity contribution in [3.8, 4) is 10.6 Å². The third kappa shape index (κ3) is 4.76. The molecule has 10 heteroatoms. The maximum absolute atomic E-state index is 12.7. The Morgan fingerprint density at radius 2 is 1.34 bits per heavy atom. The number of benzene rings is 2. The van der Waals surface area contributed by atoms with E-state index in [4.69, 9.17) is 0 Å². The van der Waals surface area contributed by atoms with Gasteiger partial charge in [0.15, 0.2) is 0 Å². The molecule has 0 aliphatic rings. The number of aromatic nitrogens is 1. The molecule has 0 unspecified atom stereocenters. The lowest BCUT2D eigenvalue weighted by atomic mass is 10.1. The first-order chi connectivity index (χ1) is 13.4. The van der Waals surface area contributed by atoms with E-state index in [1.165, 1.54) is 24.3 Å². The van der Waals surface area contributed by atoms with Crippen molar-refractivity contribution in [1.82, 2.24) is 4.98 Å². The molecule has 152 valence electrons. The Labute approximate surface area is 164 Å². The molecule has 0 saturated carbocycles. The predicted molar refractivity (Wildman–Crippen MR) is 93.8 cm³/mol. The smallest absolute Gasteiger partial charge is 0.416 e. The van der Waals surface area contributed by atoms with Gasteiger partial charge in [0, 0.05) is 12.0 Å². The number of carbonyl (C=O) groups is 1. The molecule has 3 nitrogen and oxygen atoms in total. The van der Waals surface area contributed by atoms with Gasteiger partial charge in [0.25, 0.3) is 0 Å².